The van der Waals surface area contributed by atoms with Crippen LogP contribution in [0, 0.1) is 0 Å². The lowest BCUT2D eigenvalue weighted by Crippen LogP contribution is -2.27. The zero-order valence-electron chi connectivity index (χ0n) is 14.6. The van der Waals surface area contributed by atoms with Crippen molar-refractivity contribution in [1.82, 2.24) is 0 Å². The number of ketones is 1. The van der Waals surface area contributed by atoms with E-state index in [1.54, 1.807) is 0 Å². The molecule has 0 rings (SSSR count). The Morgan fingerprint density at radius 1 is 0.958 bits per heavy atom. The van der Waals surface area contributed by atoms with Gasteiger partial charge in [0.1, 0.15) is 5.78 Å². The lowest BCUT2D eigenvalue weighted by atomic mass is 10.1. The Hall–Kier alpha value is -1.14. The van der Waals surface area contributed by atoms with Crippen LogP contribution in [0.2, 0.25) is 0 Å². The minimum Gasteiger partial charge on any atom is -0.479 e. The SMILES string of the molecule is CCCCCCCCCCC(OC(=O)CCC(=O)CN)C(=O)O.Cl. The summed E-state index contributed by atoms with van der Waals surface area (Å²) in [6, 6.07) is 0. The second kappa shape index (κ2) is 16.7. The van der Waals surface area contributed by atoms with Gasteiger partial charge in [0.15, 0.2) is 6.10 Å². The molecule has 3 N–H and O–H groups in total. The molecule has 7 heteroatoms. The third-order valence-corrected chi connectivity index (χ3v) is 3.70. The highest BCUT2D eigenvalue weighted by atomic mass is 35.5. The first-order valence-electron chi connectivity index (χ1n) is 8.65. The van der Waals surface area contributed by atoms with E-state index in [-0.39, 0.29) is 37.6 Å². The topological polar surface area (TPSA) is 107 Å². The molecule has 0 aromatic rings. The lowest BCUT2D eigenvalue weighted by molar-refractivity contribution is -0.164. The van der Waals surface area contributed by atoms with E-state index < -0.39 is 18.0 Å². The first-order chi connectivity index (χ1) is 11.0. The predicted octanol–water partition coefficient (Wildman–Crippen LogP) is 3.24. The summed E-state index contributed by atoms with van der Waals surface area (Å²) < 4.78 is 4.93. The molecule has 0 bridgehead atoms. The van der Waals surface area contributed by atoms with Crippen molar-refractivity contribution in [1.29, 1.82) is 0 Å². The fourth-order valence-corrected chi connectivity index (χ4v) is 2.26. The number of carbonyl (C=O) groups excluding carboxylic acids is 2. The first kappa shape index (κ1) is 25.1. The molecule has 0 radical (unpaired) electrons. The van der Waals surface area contributed by atoms with Crippen LogP contribution in [-0.4, -0.2) is 35.5 Å². The third-order valence-electron chi connectivity index (χ3n) is 3.70. The third kappa shape index (κ3) is 14.5. The summed E-state index contributed by atoms with van der Waals surface area (Å²) in [6.45, 7) is 2.06. The van der Waals surface area contributed by atoms with Crippen LogP contribution < -0.4 is 5.73 Å². The molecule has 142 valence electrons. The molecule has 0 aliphatic carbocycles. The number of aliphatic carboxylic acids is 1. The summed E-state index contributed by atoms with van der Waals surface area (Å²) >= 11 is 0. The van der Waals surface area contributed by atoms with Gasteiger partial charge in [-0.15, -0.1) is 12.4 Å². The minimum atomic E-state index is -1.13. The highest BCUT2D eigenvalue weighted by Crippen LogP contribution is 2.13. The lowest BCUT2D eigenvalue weighted by Gasteiger charge is -2.13. The van der Waals surface area contributed by atoms with Gasteiger partial charge in [0.05, 0.1) is 13.0 Å². The molecule has 24 heavy (non-hydrogen) atoms. The van der Waals surface area contributed by atoms with Crippen molar-refractivity contribution < 1.29 is 24.2 Å². The molecule has 0 aromatic heterocycles. The van der Waals surface area contributed by atoms with Crippen molar-refractivity contribution >= 4 is 30.1 Å². The van der Waals surface area contributed by atoms with Crippen LogP contribution in [0.25, 0.3) is 0 Å². The molecule has 0 saturated heterocycles. The number of halogens is 1. The highest BCUT2D eigenvalue weighted by molar-refractivity contribution is 5.85. The number of Topliss-reactive ketones (excluding diaryl/α,β-unsaturated/α-hetero) is 1. The number of hydrogen-bond donors (Lipinski definition) is 2. The number of ether oxygens (including phenoxy) is 1. The van der Waals surface area contributed by atoms with Gasteiger partial charge >= 0.3 is 11.9 Å². The monoisotopic (exact) mass is 365 g/mol. The van der Waals surface area contributed by atoms with Gasteiger partial charge in [-0.1, -0.05) is 51.9 Å². The van der Waals surface area contributed by atoms with Crippen molar-refractivity contribution in [2.45, 2.75) is 83.7 Å². The number of unbranched alkanes of at least 4 members (excludes halogenated alkanes) is 7. The largest absolute Gasteiger partial charge is 0.479 e. The number of carboxylic acids is 1. The molecule has 1 atom stereocenters. The van der Waals surface area contributed by atoms with Gasteiger partial charge in [0.2, 0.25) is 0 Å². The van der Waals surface area contributed by atoms with Gasteiger partial charge in [-0.25, -0.2) is 4.79 Å². The second-order valence-corrected chi connectivity index (χ2v) is 5.82. The highest BCUT2D eigenvalue weighted by Gasteiger charge is 2.21. The molecule has 1 unspecified atom stereocenters. The maximum Gasteiger partial charge on any atom is 0.345 e. The Bertz CT molecular complexity index is 363. The summed E-state index contributed by atoms with van der Waals surface area (Å²) in [4.78, 5) is 33.7. The Balaban J connectivity index is 0. The number of carbonyl (C=O) groups is 3. The van der Waals surface area contributed by atoms with E-state index in [4.69, 9.17) is 15.6 Å². The van der Waals surface area contributed by atoms with Crippen LogP contribution in [0.5, 0.6) is 0 Å². The van der Waals surface area contributed by atoms with Gasteiger partial charge in [-0.3, -0.25) is 9.59 Å². The van der Waals surface area contributed by atoms with Crippen molar-refractivity contribution in [2.24, 2.45) is 5.73 Å². The normalized spacial score (nSPS) is 11.4. The maximum atomic E-state index is 11.5. The molecule has 0 aromatic carbocycles. The molecule has 0 spiro atoms. The molecule has 0 saturated carbocycles. The van der Waals surface area contributed by atoms with Crippen LogP contribution in [0.15, 0.2) is 0 Å². The van der Waals surface area contributed by atoms with Gasteiger partial charge in [-0.05, 0) is 12.8 Å². The van der Waals surface area contributed by atoms with E-state index >= 15 is 0 Å². The predicted molar refractivity (Wildman–Crippen MR) is 95.3 cm³/mol. The van der Waals surface area contributed by atoms with Crippen molar-refractivity contribution in [2.75, 3.05) is 6.54 Å². The Morgan fingerprint density at radius 3 is 2.00 bits per heavy atom. The van der Waals surface area contributed by atoms with Crippen molar-refractivity contribution in [3.8, 4) is 0 Å². The molecule has 0 fully saturated rings. The van der Waals surface area contributed by atoms with Gasteiger partial charge < -0.3 is 15.6 Å². The van der Waals surface area contributed by atoms with Crippen molar-refractivity contribution in [3.63, 3.8) is 0 Å². The standard InChI is InChI=1S/C17H31NO5.ClH/c1-2-3-4-5-6-7-8-9-10-15(17(21)22)23-16(20)12-11-14(19)13-18;/h15H,2-13,18H2,1H3,(H,21,22);1H. The van der Waals surface area contributed by atoms with E-state index in [2.05, 4.69) is 6.92 Å². The Morgan fingerprint density at radius 2 is 1.50 bits per heavy atom. The van der Waals surface area contributed by atoms with Gasteiger partial charge in [0.25, 0.3) is 0 Å². The van der Waals surface area contributed by atoms with E-state index in [1.807, 2.05) is 0 Å². The summed E-state index contributed by atoms with van der Waals surface area (Å²) in [5, 5.41) is 9.08. The molecular weight excluding hydrogens is 334 g/mol. The molecule has 0 aliphatic heterocycles. The molecule has 0 aliphatic rings. The number of nitrogens with two attached hydrogens (primary N) is 1. The minimum absolute atomic E-state index is 0. The fraction of sp³-hybridized carbons (Fsp3) is 0.824. The zero-order chi connectivity index (χ0) is 17.5. The first-order valence-corrected chi connectivity index (χ1v) is 8.65. The molecule has 6 nitrogen and oxygen atoms in total. The molecule has 0 heterocycles. The number of carboxylic acid groups (broad SMARTS) is 1. The second-order valence-electron chi connectivity index (χ2n) is 5.82. The fourth-order valence-electron chi connectivity index (χ4n) is 2.26. The van der Waals surface area contributed by atoms with Crippen molar-refractivity contribution in [3.05, 3.63) is 0 Å². The van der Waals surface area contributed by atoms with Crippen LogP contribution >= 0.6 is 12.4 Å². The quantitative estimate of drug-likeness (QED) is 0.341. The smallest absolute Gasteiger partial charge is 0.345 e. The van der Waals surface area contributed by atoms with Crippen LogP contribution in [0.4, 0.5) is 0 Å². The van der Waals surface area contributed by atoms with E-state index in [0.717, 1.165) is 19.3 Å². The van der Waals surface area contributed by atoms with E-state index in [1.165, 1.54) is 32.1 Å². The van der Waals surface area contributed by atoms with E-state index in [9.17, 15) is 14.4 Å². The Kier molecular flexibility index (Phi) is 17.5. The molecule has 0 amide bonds. The number of hydrogen-bond acceptors (Lipinski definition) is 5. The number of esters is 1. The Labute approximate surface area is 150 Å². The van der Waals surface area contributed by atoms with Gasteiger partial charge in [-0.2, -0.15) is 0 Å². The van der Waals surface area contributed by atoms with E-state index in [0.29, 0.717) is 6.42 Å². The van der Waals surface area contributed by atoms with Crippen LogP contribution in [-0.2, 0) is 19.1 Å². The summed E-state index contributed by atoms with van der Waals surface area (Å²) in [5.41, 5.74) is 5.14. The van der Waals surface area contributed by atoms with Crippen LogP contribution in [0.3, 0.4) is 0 Å². The summed E-state index contributed by atoms with van der Waals surface area (Å²) in [6.07, 6.45) is 7.97. The summed E-state index contributed by atoms with van der Waals surface area (Å²) in [7, 11) is 0. The van der Waals surface area contributed by atoms with Crippen LogP contribution in [0.1, 0.15) is 77.6 Å². The number of rotatable bonds is 15. The maximum absolute atomic E-state index is 11.5. The zero-order valence-corrected chi connectivity index (χ0v) is 15.4. The molecular formula is C17H32ClNO5. The average Bonchev–Trinajstić information content (AvgIpc) is 2.53. The average molecular weight is 366 g/mol. The summed E-state index contributed by atoms with van der Waals surface area (Å²) in [5.74, 6) is -2.03. The van der Waals surface area contributed by atoms with Gasteiger partial charge in [0, 0.05) is 6.42 Å².